The van der Waals surface area contributed by atoms with Crippen molar-refractivity contribution in [1.29, 1.82) is 0 Å². The number of hydrogen-bond donors (Lipinski definition) is 4. The van der Waals surface area contributed by atoms with Crippen LogP contribution >= 0.6 is 0 Å². The first-order valence-corrected chi connectivity index (χ1v) is 8.53. The molecular formula is C16H30N5O4+. The van der Waals surface area contributed by atoms with Crippen LogP contribution in [0.25, 0.3) is 0 Å². The summed E-state index contributed by atoms with van der Waals surface area (Å²) < 4.78 is 0. The molecule has 1 amide bonds. The van der Waals surface area contributed by atoms with Crippen LogP contribution in [-0.4, -0.2) is 77.3 Å². The summed E-state index contributed by atoms with van der Waals surface area (Å²) in [5.74, 6) is -1.44. The number of carboxylic acids is 1. The number of carboxylic acid groups (broad SMARTS) is 1. The molecule has 0 aromatic rings. The zero-order valence-electron chi connectivity index (χ0n) is 15.2. The number of carbonyl (C=O) groups is 3. The molecule has 1 rings (SSSR count). The van der Waals surface area contributed by atoms with E-state index in [1.54, 1.807) is 30.7 Å². The Bertz CT molecular complexity index is 531. The fraction of sp³-hybridized carbons (Fsp3) is 0.750. The number of amides is 1. The first kappa shape index (κ1) is 20.9. The van der Waals surface area contributed by atoms with Crippen LogP contribution in [-0.2, 0) is 14.4 Å². The average molecular weight is 356 g/mol. The fourth-order valence-electron chi connectivity index (χ4n) is 2.99. The Morgan fingerprint density at radius 1 is 1.32 bits per heavy atom. The quantitative estimate of drug-likeness (QED) is 0.200. The molecule has 1 heterocycles. The van der Waals surface area contributed by atoms with Crippen molar-refractivity contribution in [1.82, 2.24) is 9.80 Å². The molecule has 1 aliphatic rings. The van der Waals surface area contributed by atoms with E-state index in [-0.39, 0.29) is 30.0 Å². The zero-order chi connectivity index (χ0) is 19.1. The van der Waals surface area contributed by atoms with E-state index in [1.807, 2.05) is 0 Å². The zero-order valence-corrected chi connectivity index (χ0v) is 15.2. The van der Waals surface area contributed by atoms with Gasteiger partial charge in [0.15, 0.2) is 5.78 Å². The molecule has 0 saturated carbocycles. The topological polar surface area (TPSA) is 144 Å². The van der Waals surface area contributed by atoms with Gasteiger partial charge >= 0.3 is 11.9 Å². The van der Waals surface area contributed by atoms with E-state index in [4.69, 9.17) is 16.6 Å². The Kier molecular flexibility index (Phi) is 7.82. The second-order valence-electron chi connectivity index (χ2n) is 6.72. The monoisotopic (exact) mass is 356 g/mol. The Labute approximate surface area is 148 Å². The molecule has 9 nitrogen and oxygen atoms in total. The van der Waals surface area contributed by atoms with Gasteiger partial charge in [0.2, 0.25) is 5.91 Å². The highest BCUT2D eigenvalue weighted by Crippen LogP contribution is 2.20. The second kappa shape index (κ2) is 9.36. The molecule has 142 valence electrons. The van der Waals surface area contributed by atoms with Gasteiger partial charge in [-0.25, -0.2) is 0 Å². The van der Waals surface area contributed by atoms with Crippen LogP contribution in [0.15, 0.2) is 0 Å². The number of nitrogens with one attached hydrogen (secondary N) is 1. The Morgan fingerprint density at radius 2 is 1.96 bits per heavy atom. The molecule has 0 bridgehead atoms. The standard InChI is InChI=1S/C16H29N5O4/c1-10(2)14(24)11(5-4-6-19-16(17)18)21-8-7-20(3)12(15(21)25)9-13(22)23/h10-12H,4-9H2,1-3H3,(H,22,23)(H4,17,18,19)/p+1/t11-,12-/m0/s1. The number of nitrogens with zero attached hydrogens (tertiary/aromatic N) is 2. The first-order valence-electron chi connectivity index (χ1n) is 8.53. The van der Waals surface area contributed by atoms with Crippen LogP contribution in [0.3, 0.4) is 0 Å². The largest absolute Gasteiger partial charge is 0.481 e. The van der Waals surface area contributed by atoms with Gasteiger partial charge < -0.3 is 10.0 Å². The molecule has 2 atom stereocenters. The maximum Gasteiger partial charge on any atom is 0.338 e. The number of guanidine groups is 1. The molecule has 1 fully saturated rings. The van der Waals surface area contributed by atoms with Crippen LogP contribution in [0, 0.1) is 5.92 Å². The summed E-state index contributed by atoms with van der Waals surface area (Å²) in [6, 6.07) is -1.29. The first-order chi connectivity index (χ1) is 11.6. The molecule has 9 heteroatoms. The van der Waals surface area contributed by atoms with Crippen molar-refractivity contribution in [2.45, 2.75) is 45.2 Å². The van der Waals surface area contributed by atoms with Crippen LogP contribution in [0.4, 0.5) is 0 Å². The molecule has 1 saturated heterocycles. The average Bonchev–Trinajstić information content (AvgIpc) is 2.51. The SMILES string of the molecule is CC(C)C(=O)[C@H](CCC[NH+]=C(N)N)N1CCN(C)[C@@H](CC(=O)O)C1=O. The number of likely N-dealkylation sites (N-methyl/N-ethyl adjacent to an activating group) is 1. The summed E-state index contributed by atoms with van der Waals surface area (Å²) >= 11 is 0. The molecule has 0 unspecified atom stereocenters. The number of aliphatic carboxylic acids is 1. The lowest BCUT2D eigenvalue weighted by Crippen LogP contribution is -2.78. The van der Waals surface area contributed by atoms with Crippen LogP contribution in [0.2, 0.25) is 0 Å². The summed E-state index contributed by atoms with van der Waals surface area (Å²) in [6.07, 6.45) is 0.825. The van der Waals surface area contributed by atoms with Gasteiger partial charge in [-0.3, -0.25) is 35.7 Å². The summed E-state index contributed by atoms with van der Waals surface area (Å²) in [5.41, 5.74) is 10.7. The molecule has 0 spiro atoms. The summed E-state index contributed by atoms with van der Waals surface area (Å²) in [4.78, 5) is 42.5. The van der Waals surface area contributed by atoms with Gasteiger partial charge in [0.25, 0.3) is 0 Å². The van der Waals surface area contributed by atoms with E-state index in [0.29, 0.717) is 32.5 Å². The molecule has 0 aromatic heterocycles. The number of piperazine rings is 1. The van der Waals surface area contributed by atoms with Crippen molar-refractivity contribution < 1.29 is 24.5 Å². The maximum absolute atomic E-state index is 12.8. The lowest BCUT2D eigenvalue weighted by atomic mass is 9.94. The van der Waals surface area contributed by atoms with Gasteiger partial charge in [-0.2, -0.15) is 0 Å². The minimum Gasteiger partial charge on any atom is -0.481 e. The Balaban J connectivity index is 2.91. The lowest BCUT2D eigenvalue weighted by molar-refractivity contribution is -0.459. The number of carbonyl (C=O) groups excluding carboxylic acids is 2. The van der Waals surface area contributed by atoms with Gasteiger partial charge in [-0.1, -0.05) is 13.8 Å². The second-order valence-corrected chi connectivity index (χ2v) is 6.72. The van der Waals surface area contributed by atoms with Gasteiger partial charge in [-0.05, 0) is 19.9 Å². The van der Waals surface area contributed by atoms with Gasteiger partial charge in [0, 0.05) is 19.0 Å². The predicted molar refractivity (Wildman–Crippen MR) is 92.5 cm³/mol. The molecule has 25 heavy (non-hydrogen) atoms. The van der Waals surface area contributed by atoms with Crippen molar-refractivity contribution in [2.75, 3.05) is 26.7 Å². The fourth-order valence-corrected chi connectivity index (χ4v) is 2.99. The van der Waals surface area contributed by atoms with E-state index >= 15 is 0 Å². The summed E-state index contributed by atoms with van der Waals surface area (Å²) in [7, 11) is 1.73. The van der Waals surface area contributed by atoms with Crippen LogP contribution in [0.1, 0.15) is 33.1 Å². The molecular weight excluding hydrogens is 326 g/mol. The summed E-state index contributed by atoms with van der Waals surface area (Å²) in [6.45, 7) is 5.05. The molecule has 6 N–H and O–H groups in total. The smallest absolute Gasteiger partial charge is 0.338 e. The molecule has 0 aromatic carbocycles. The van der Waals surface area contributed by atoms with Crippen molar-refractivity contribution in [3.05, 3.63) is 0 Å². The van der Waals surface area contributed by atoms with Crippen LogP contribution in [0.5, 0.6) is 0 Å². The van der Waals surface area contributed by atoms with E-state index < -0.39 is 18.1 Å². The minimum absolute atomic E-state index is 0.0170. The van der Waals surface area contributed by atoms with Gasteiger partial charge in [-0.15, -0.1) is 0 Å². The number of hydrogen-bond acceptors (Lipinski definition) is 4. The predicted octanol–water partition coefficient (Wildman–Crippen LogP) is -2.67. The van der Waals surface area contributed by atoms with Gasteiger partial charge in [0.1, 0.15) is 0 Å². The Morgan fingerprint density at radius 3 is 2.48 bits per heavy atom. The van der Waals surface area contributed by atoms with Crippen molar-refractivity contribution >= 4 is 23.6 Å². The maximum atomic E-state index is 12.8. The van der Waals surface area contributed by atoms with Gasteiger partial charge in [0.05, 0.1) is 25.0 Å². The third kappa shape index (κ3) is 6.00. The highest BCUT2D eigenvalue weighted by Gasteiger charge is 2.39. The van der Waals surface area contributed by atoms with E-state index in [2.05, 4.69) is 4.99 Å². The number of rotatable bonds is 9. The minimum atomic E-state index is -1.03. The third-order valence-corrected chi connectivity index (χ3v) is 4.42. The lowest BCUT2D eigenvalue weighted by Gasteiger charge is -2.42. The molecule has 1 aliphatic heterocycles. The van der Waals surface area contributed by atoms with E-state index in [1.165, 1.54) is 0 Å². The third-order valence-electron chi connectivity index (χ3n) is 4.42. The van der Waals surface area contributed by atoms with Crippen molar-refractivity contribution in [3.8, 4) is 0 Å². The van der Waals surface area contributed by atoms with Crippen molar-refractivity contribution in [2.24, 2.45) is 17.4 Å². The van der Waals surface area contributed by atoms with Crippen LogP contribution < -0.4 is 16.5 Å². The number of ketones is 1. The molecule has 0 aliphatic carbocycles. The number of Topliss-reactive ketones (excluding diaryl/α,β-unsaturated/α-hetero) is 1. The highest BCUT2D eigenvalue weighted by molar-refractivity contribution is 5.93. The Hall–Kier alpha value is -2.16. The summed E-state index contributed by atoms with van der Waals surface area (Å²) in [5, 5.41) is 9.05. The molecule has 0 radical (unpaired) electrons. The van der Waals surface area contributed by atoms with E-state index in [9.17, 15) is 14.4 Å². The highest BCUT2D eigenvalue weighted by atomic mass is 16.4. The normalized spacial score (nSPS) is 19.8. The van der Waals surface area contributed by atoms with E-state index in [0.717, 1.165) is 0 Å². The number of nitrogens with two attached hydrogens (primary N) is 2. The van der Waals surface area contributed by atoms with Crippen molar-refractivity contribution in [3.63, 3.8) is 0 Å².